The number of non-ortho nitro benzene ring substituents is 1. The van der Waals surface area contributed by atoms with E-state index in [2.05, 4.69) is 5.32 Å². The van der Waals surface area contributed by atoms with Gasteiger partial charge in [-0.05, 0) is 35.1 Å². The van der Waals surface area contributed by atoms with Crippen LogP contribution in [0.25, 0.3) is 5.69 Å². The van der Waals surface area contributed by atoms with Crippen molar-refractivity contribution in [3.05, 3.63) is 58.9 Å². The van der Waals surface area contributed by atoms with Gasteiger partial charge in [0.1, 0.15) is 5.82 Å². The lowest BCUT2D eigenvalue weighted by Crippen LogP contribution is -2.25. The number of nitrogens with one attached hydrogen (secondary N) is 1. The minimum absolute atomic E-state index is 0.0756. The fourth-order valence-electron chi connectivity index (χ4n) is 2.62. The summed E-state index contributed by atoms with van der Waals surface area (Å²) in [6.45, 7) is 1.59. The van der Waals surface area contributed by atoms with Crippen molar-refractivity contribution < 1.29 is 14.5 Å². The molecule has 0 unspecified atom stereocenters. The Morgan fingerprint density at radius 3 is 2.46 bits per heavy atom. The van der Waals surface area contributed by atoms with Crippen molar-refractivity contribution in [2.45, 2.75) is 6.92 Å². The molecule has 0 aliphatic carbocycles. The zero-order valence-electron chi connectivity index (χ0n) is 12.1. The number of aromatic nitrogens is 1. The molecule has 0 atom stereocenters. The fraction of sp³-hybridized carbons (Fsp3) is 0.0714. The summed E-state index contributed by atoms with van der Waals surface area (Å²) >= 11 is 1.85. The normalized spacial score (nSPS) is 12.9. The number of carbonyl (C=O) groups excluding carboxylic acids is 2. The van der Waals surface area contributed by atoms with Crippen LogP contribution < -0.4 is 16.6 Å². The van der Waals surface area contributed by atoms with E-state index in [4.69, 9.17) is 5.73 Å². The molecular formula is C14H9IN4O5. The molecule has 1 aliphatic heterocycles. The third kappa shape index (κ3) is 2.26. The highest BCUT2D eigenvalue weighted by Gasteiger charge is 2.32. The van der Waals surface area contributed by atoms with Crippen LogP contribution in [0.5, 0.6) is 0 Å². The summed E-state index contributed by atoms with van der Waals surface area (Å²) < 4.78 is 1.50. The zero-order valence-corrected chi connectivity index (χ0v) is 14.3. The number of carbonyl (C=O) groups is 2. The molecule has 0 spiro atoms. The first-order valence-electron chi connectivity index (χ1n) is 6.58. The number of rotatable bonds is 2. The number of halogens is 1. The largest absolute Gasteiger partial charge is 0.384 e. The molecule has 10 heteroatoms. The number of nitro groups is 1. The van der Waals surface area contributed by atoms with Crippen LogP contribution in [0.15, 0.2) is 23.0 Å². The van der Waals surface area contributed by atoms with E-state index >= 15 is 0 Å². The summed E-state index contributed by atoms with van der Waals surface area (Å²) in [7, 11) is 0. The maximum absolute atomic E-state index is 12.4. The van der Waals surface area contributed by atoms with Gasteiger partial charge in [0, 0.05) is 21.8 Å². The van der Waals surface area contributed by atoms with Gasteiger partial charge in [-0.15, -0.1) is 0 Å². The minimum atomic E-state index is -0.684. The van der Waals surface area contributed by atoms with E-state index in [1.54, 1.807) is 6.92 Å². The third-order valence-corrected chi connectivity index (χ3v) is 4.45. The van der Waals surface area contributed by atoms with Gasteiger partial charge in [-0.25, -0.2) is 0 Å². The van der Waals surface area contributed by atoms with Crippen LogP contribution in [-0.2, 0) is 0 Å². The molecule has 9 nitrogen and oxygen atoms in total. The number of aryl methyl sites for hydroxylation is 1. The lowest BCUT2D eigenvalue weighted by molar-refractivity contribution is -0.385. The molecule has 1 aromatic carbocycles. The molecule has 122 valence electrons. The molecule has 0 fully saturated rings. The van der Waals surface area contributed by atoms with Gasteiger partial charge >= 0.3 is 0 Å². The Morgan fingerprint density at radius 2 is 1.88 bits per heavy atom. The van der Waals surface area contributed by atoms with Crippen LogP contribution in [0.3, 0.4) is 0 Å². The standard InChI is InChI=1S/C14H9IN4O5/c1-5-2-6(19(23)24)3-8(15)11(5)18-9(20)4-7-10(12(18)16)14(22)17-13(7)21/h2-4H,16H2,1H3,(H,17,21,22). The summed E-state index contributed by atoms with van der Waals surface area (Å²) in [5.41, 5.74) is 5.86. The van der Waals surface area contributed by atoms with Crippen LogP contribution in [0.1, 0.15) is 26.3 Å². The van der Waals surface area contributed by atoms with Crippen LogP contribution in [0.2, 0.25) is 0 Å². The molecule has 1 aromatic heterocycles. The molecule has 0 saturated heterocycles. The van der Waals surface area contributed by atoms with Crippen molar-refractivity contribution in [2.75, 3.05) is 5.73 Å². The van der Waals surface area contributed by atoms with Crippen molar-refractivity contribution in [3.63, 3.8) is 0 Å². The van der Waals surface area contributed by atoms with Crippen LogP contribution in [0, 0.1) is 20.6 Å². The molecule has 0 saturated carbocycles. The highest BCUT2D eigenvalue weighted by molar-refractivity contribution is 14.1. The first-order chi connectivity index (χ1) is 11.2. The number of amides is 2. The van der Waals surface area contributed by atoms with Gasteiger partial charge in [-0.3, -0.25) is 34.4 Å². The monoisotopic (exact) mass is 440 g/mol. The topological polar surface area (TPSA) is 137 Å². The molecule has 3 N–H and O–H groups in total. The number of pyridine rings is 1. The molecule has 1 aliphatic rings. The number of nitrogen functional groups attached to an aromatic ring is 1. The van der Waals surface area contributed by atoms with Gasteiger partial charge in [0.25, 0.3) is 23.1 Å². The van der Waals surface area contributed by atoms with E-state index in [-0.39, 0.29) is 22.6 Å². The van der Waals surface area contributed by atoms with Gasteiger partial charge in [-0.1, -0.05) is 0 Å². The Labute approximate surface area is 147 Å². The molecule has 2 amide bonds. The summed E-state index contributed by atoms with van der Waals surface area (Å²) in [5.74, 6) is -1.55. The maximum Gasteiger partial charge on any atom is 0.270 e. The lowest BCUT2D eigenvalue weighted by Gasteiger charge is -2.15. The Kier molecular flexibility index (Phi) is 3.63. The fourth-order valence-corrected chi connectivity index (χ4v) is 3.60. The van der Waals surface area contributed by atoms with Gasteiger partial charge in [-0.2, -0.15) is 0 Å². The van der Waals surface area contributed by atoms with Crippen molar-refractivity contribution in [2.24, 2.45) is 0 Å². The van der Waals surface area contributed by atoms with E-state index in [0.29, 0.717) is 14.8 Å². The number of hydrogen-bond donors (Lipinski definition) is 2. The molecule has 0 radical (unpaired) electrons. The van der Waals surface area contributed by atoms with Gasteiger partial charge in [0.15, 0.2) is 0 Å². The summed E-state index contributed by atoms with van der Waals surface area (Å²) in [5, 5.41) is 13.0. The van der Waals surface area contributed by atoms with Gasteiger partial charge < -0.3 is 5.73 Å². The zero-order chi connectivity index (χ0) is 17.8. The number of benzene rings is 1. The third-order valence-electron chi connectivity index (χ3n) is 3.63. The van der Waals surface area contributed by atoms with Crippen LogP contribution >= 0.6 is 22.6 Å². The first kappa shape index (κ1) is 16.1. The van der Waals surface area contributed by atoms with E-state index in [1.807, 2.05) is 22.6 Å². The maximum atomic E-state index is 12.4. The second-order valence-corrected chi connectivity index (χ2v) is 6.29. The average Bonchev–Trinajstić information content (AvgIpc) is 2.75. The molecule has 0 bridgehead atoms. The minimum Gasteiger partial charge on any atom is -0.384 e. The Hall–Kier alpha value is -2.76. The second kappa shape index (κ2) is 5.40. The number of fused-ring (bicyclic) bond motifs is 1. The quantitative estimate of drug-likeness (QED) is 0.311. The van der Waals surface area contributed by atoms with Gasteiger partial charge in [0.05, 0.1) is 21.7 Å². The predicted molar refractivity (Wildman–Crippen MR) is 92.4 cm³/mol. The number of nitrogens with two attached hydrogens (primary N) is 1. The lowest BCUT2D eigenvalue weighted by atomic mass is 10.1. The molecular weight excluding hydrogens is 431 g/mol. The Balaban J connectivity index is 2.36. The summed E-state index contributed by atoms with van der Waals surface area (Å²) in [6.07, 6.45) is 0. The molecule has 24 heavy (non-hydrogen) atoms. The SMILES string of the molecule is Cc1cc([N+](=O)[O-])cc(I)c1-n1c(N)c2c(cc1=O)C(=O)NC2=O. The average molecular weight is 440 g/mol. The molecule has 2 aromatic rings. The second-order valence-electron chi connectivity index (χ2n) is 5.13. The van der Waals surface area contributed by atoms with E-state index in [1.165, 1.54) is 12.1 Å². The van der Waals surface area contributed by atoms with E-state index in [0.717, 1.165) is 10.6 Å². The molecule has 3 rings (SSSR count). The number of imide groups is 1. The Bertz CT molecular complexity index is 988. The first-order valence-corrected chi connectivity index (χ1v) is 7.66. The van der Waals surface area contributed by atoms with Crippen molar-refractivity contribution in [3.8, 4) is 5.69 Å². The van der Waals surface area contributed by atoms with Gasteiger partial charge in [0.2, 0.25) is 0 Å². The number of anilines is 1. The predicted octanol–water partition coefficient (Wildman–Crippen LogP) is 1.12. The summed E-state index contributed by atoms with van der Waals surface area (Å²) in [4.78, 5) is 46.4. The van der Waals surface area contributed by atoms with Crippen LogP contribution in [0.4, 0.5) is 11.5 Å². The highest BCUT2D eigenvalue weighted by Crippen LogP contribution is 2.30. The van der Waals surface area contributed by atoms with Crippen molar-refractivity contribution in [1.82, 2.24) is 9.88 Å². The Morgan fingerprint density at radius 1 is 1.21 bits per heavy atom. The molecule has 2 heterocycles. The number of nitrogens with zero attached hydrogens (tertiary/aromatic N) is 2. The smallest absolute Gasteiger partial charge is 0.270 e. The van der Waals surface area contributed by atoms with E-state index < -0.39 is 22.3 Å². The van der Waals surface area contributed by atoms with Crippen LogP contribution in [-0.4, -0.2) is 21.3 Å². The van der Waals surface area contributed by atoms with Crippen molar-refractivity contribution in [1.29, 1.82) is 0 Å². The van der Waals surface area contributed by atoms with E-state index in [9.17, 15) is 24.5 Å². The van der Waals surface area contributed by atoms with Crippen molar-refractivity contribution >= 4 is 45.9 Å². The number of nitro benzene ring substituents is 1. The summed E-state index contributed by atoms with van der Waals surface area (Å²) in [6, 6.07) is 3.64. The highest BCUT2D eigenvalue weighted by atomic mass is 127. The number of hydrogen-bond acceptors (Lipinski definition) is 6.